The van der Waals surface area contributed by atoms with Crippen molar-refractivity contribution in [1.82, 2.24) is 4.90 Å². The lowest BCUT2D eigenvalue weighted by Crippen LogP contribution is -2.28. The van der Waals surface area contributed by atoms with E-state index in [-0.39, 0.29) is 10.8 Å². The summed E-state index contributed by atoms with van der Waals surface area (Å²) in [4.78, 5) is 14.1. The summed E-state index contributed by atoms with van der Waals surface area (Å²) in [6, 6.07) is 11.0. The quantitative estimate of drug-likeness (QED) is 0.760. The second-order valence-electron chi connectivity index (χ2n) is 6.17. The van der Waals surface area contributed by atoms with Gasteiger partial charge < -0.3 is 4.90 Å². The summed E-state index contributed by atoms with van der Waals surface area (Å²) >= 11 is 5.95. The van der Waals surface area contributed by atoms with Crippen molar-refractivity contribution in [2.75, 3.05) is 18.3 Å². The monoisotopic (exact) mass is 394 g/mol. The highest BCUT2D eigenvalue weighted by Gasteiger charge is 2.19. The van der Waals surface area contributed by atoms with Gasteiger partial charge in [0.1, 0.15) is 0 Å². The number of benzene rings is 2. The maximum atomic E-state index is 12.7. The zero-order chi connectivity index (χ0) is 19.3. The molecule has 2 aromatic rings. The SMILES string of the molecule is CCCCN(C)C(=O)c1cccc(S(=O)(=O)Nc2cc(Cl)ccc2C)c1. The number of amides is 1. The minimum atomic E-state index is -3.83. The van der Waals surface area contributed by atoms with Crippen LogP contribution in [-0.4, -0.2) is 32.8 Å². The van der Waals surface area contributed by atoms with E-state index in [2.05, 4.69) is 11.6 Å². The largest absolute Gasteiger partial charge is 0.342 e. The molecule has 140 valence electrons. The predicted molar refractivity (Wildman–Crippen MR) is 105 cm³/mol. The molecule has 0 aromatic heterocycles. The lowest BCUT2D eigenvalue weighted by atomic mass is 10.2. The van der Waals surface area contributed by atoms with E-state index in [0.717, 1.165) is 18.4 Å². The number of hydrogen-bond acceptors (Lipinski definition) is 3. The van der Waals surface area contributed by atoms with Gasteiger partial charge in [0.2, 0.25) is 0 Å². The fourth-order valence-corrected chi connectivity index (χ4v) is 3.76. The number of nitrogens with zero attached hydrogens (tertiary/aromatic N) is 1. The molecule has 0 atom stereocenters. The number of unbranched alkanes of at least 4 members (excludes halogenated alkanes) is 1. The summed E-state index contributed by atoms with van der Waals surface area (Å²) in [5.74, 6) is -0.200. The van der Waals surface area contributed by atoms with Crippen molar-refractivity contribution in [3.63, 3.8) is 0 Å². The Morgan fingerprint density at radius 1 is 1.19 bits per heavy atom. The van der Waals surface area contributed by atoms with Gasteiger partial charge >= 0.3 is 0 Å². The van der Waals surface area contributed by atoms with Crippen LogP contribution in [0.15, 0.2) is 47.4 Å². The Morgan fingerprint density at radius 3 is 2.62 bits per heavy atom. The smallest absolute Gasteiger partial charge is 0.261 e. The molecule has 1 N–H and O–H groups in total. The number of hydrogen-bond donors (Lipinski definition) is 1. The number of carbonyl (C=O) groups is 1. The molecule has 2 aromatic carbocycles. The zero-order valence-corrected chi connectivity index (χ0v) is 16.7. The van der Waals surface area contributed by atoms with Crippen LogP contribution in [0.2, 0.25) is 5.02 Å². The maximum absolute atomic E-state index is 12.7. The van der Waals surface area contributed by atoms with Gasteiger partial charge in [0.25, 0.3) is 15.9 Å². The standard InChI is InChI=1S/C19H23ClN2O3S/c1-4-5-11-22(3)19(23)15-7-6-8-17(12-15)26(24,25)21-18-13-16(20)10-9-14(18)2/h6-10,12-13,21H,4-5,11H2,1-3H3. The Bertz CT molecular complexity index is 897. The molecule has 0 heterocycles. The van der Waals surface area contributed by atoms with Gasteiger partial charge in [-0.1, -0.05) is 37.1 Å². The second-order valence-corrected chi connectivity index (χ2v) is 8.29. The Balaban J connectivity index is 2.28. The predicted octanol–water partition coefficient (Wildman–Crippen LogP) is 4.32. The summed E-state index contributed by atoms with van der Waals surface area (Å²) < 4.78 is 27.9. The molecule has 0 fully saturated rings. The fraction of sp³-hybridized carbons (Fsp3) is 0.316. The molecule has 0 aliphatic heterocycles. The third-order valence-corrected chi connectivity index (χ3v) is 5.63. The van der Waals surface area contributed by atoms with Crippen molar-refractivity contribution in [2.24, 2.45) is 0 Å². The van der Waals surface area contributed by atoms with Crippen LogP contribution in [0.5, 0.6) is 0 Å². The number of nitrogens with one attached hydrogen (secondary N) is 1. The van der Waals surface area contributed by atoms with E-state index < -0.39 is 10.0 Å². The van der Waals surface area contributed by atoms with Crippen LogP contribution in [0.4, 0.5) is 5.69 Å². The first kappa shape index (κ1) is 20.3. The highest BCUT2D eigenvalue weighted by Crippen LogP contribution is 2.24. The van der Waals surface area contributed by atoms with E-state index in [9.17, 15) is 13.2 Å². The van der Waals surface area contributed by atoms with Crippen molar-refractivity contribution in [3.05, 3.63) is 58.6 Å². The molecule has 5 nitrogen and oxygen atoms in total. The average Bonchev–Trinajstić information content (AvgIpc) is 2.62. The van der Waals surface area contributed by atoms with Crippen LogP contribution in [0, 0.1) is 6.92 Å². The van der Waals surface area contributed by atoms with Gasteiger partial charge in [-0.2, -0.15) is 0 Å². The van der Waals surface area contributed by atoms with Crippen LogP contribution in [-0.2, 0) is 10.0 Å². The minimum Gasteiger partial charge on any atom is -0.342 e. The molecule has 0 aliphatic carbocycles. The van der Waals surface area contributed by atoms with E-state index in [0.29, 0.717) is 22.8 Å². The van der Waals surface area contributed by atoms with Crippen molar-refractivity contribution in [2.45, 2.75) is 31.6 Å². The number of anilines is 1. The molecule has 0 spiro atoms. The maximum Gasteiger partial charge on any atom is 0.261 e. The van der Waals surface area contributed by atoms with E-state index in [4.69, 9.17) is 11.6 Å². The van der Waals surface area contributed by atoms with Crippen LogP contribution < -0.4 is 4.72 Å². The van der Waals surface area contributed by atoms with Crippen molar-refractivity contribution in [1.29, 1.82) is 0 Å². The molecule has 2 rings (SSSR count). The molecule has 7 heteroatoms. The van der Waals surface area contributed by atoms with Gasteiger partial charge in [0.15, 0.2) is 0 Å². The van der Waals surface area contributed by atoms with Gasteiger partial charge in [-0.3, -0.25) is 9.52 Å². The number of halogens is 1. The Labute approximate surface area is 160 Å². The van der Waals surface area contributed by atoms with E-state index in [1.807, 2.05) is 0 Å². The van der Waals surface area contributed by atoms with Crippen LogP contribution in [0.1, 0.15) is 35.7 Å². The van der Waals surface area contributed by atoms with Crippen LogP contribution >= 0.6 is 11.6 Å². The molecule has 0 unspecified atom stereocenters. The topological polar surface area (TPSA) is 66.5 Å². The van der Waals surface area contributed by atoms with Gasteiger partial charge in [-0.15, -0.1) is 0 Å². The molecule has 0 saturated carbocycles. The summed E-state index contributed by atoms with van der Waals surface area (Å²) in [6.45, 7) is 4.47. The van der Waals surface area contributed by atoms with E-state index >= 15 is 0 Å². The van der Waals surface area contributed by atoms with Gasteiger partial charge in [-0.25, -0.2) is 8.42 Å². The van der Waals surface area contributed by atoms with Gasteiger partial charge in [-0.05, 0) is 49.2 Å². The Morgan fingerprint density at radius 2 is 1.92 bits per heavy atom. The molecule has 0 saturated heterocycles. The zero-order valence-electron chi connectivity index (χ0n) is 15.1. The number of aryl methyl sites for hydroxylation is 1. The molecule has 0 bridgehead atoms. The lowest BCUT2D eigenvalue weighted by Gasteiger charge is -2.17. The molecule has 1 amide bonds. The average molecular weight is 395 g/mol. The third kappa shape index (κ3) is 4.99. The first-order valence-corrected chi connectivity index (χ1v) is 10.2. The highest BCUT2D eigenvalue weighted by molar-refractivity contribution is 7.92. The summed E-state index contributed by atoms with van der Waals surface area (Å²) in [7, 11) is -2.12. The van der Waals surface area contributed by atoms with Crippen molar-refractivity contribution < 1.29 is 13.2 Å². The highest BCUT2D eigenvalue weighted by atomic mass is 35.5. The van der Waals surface area contributed by atoms with Gasteiger partial charge in [0, 0.05) is 24.2 Å². The molecule has 26 heavy (non-hydrogen) atoms. The van der Waals surface area contributed by atoms with Crippen LogP contribution in [0.25, 0.3) is 0 Å². The van der Waals surface area contributed by atoms with Crippen LogP contribution in [0.3, 0.4) is 0 Å². The molecular weight excluding hydrogens is 372 g/mol. The summed E-state index contributed by atoms with van der Waals surface area (Å²) in [5, 5.41) is 0.440. The summed E-state index contributed by atoms with van der Waals surface area (Å²) in [5.41, 5.74) is 1.51. The summed E-state index contributed by atoms with van der Waals surface area (Å²) in [6.07, 6.45) is 1.88. The second kappa shape index (κ2) is 8.56. The number of sulfonamides is 1. The molecule has 0 aliphatic rings. The van der Waals surface area contributed by atoms with E-state index in [1.165, 1.54) is 12.1 Å². The lowest BCUT2D eigenvalue weighted by molar-refractivity contribution is 0.0793. The number of rotatable bonds is 7. The first-order valence-electron chi connectivity index (χ1n) is 8.39. The molecule has 0 radical (unpaired) electrons. The van der Waals surface area contributed by atoms with E-state index in [1.54, 1.807) is 49.2 Å². The van der Waals surface area contributed by atoms with Gasteiger partial charge in [0.05, 0.1) is 10.6 Å². The fourth-order valence-electron chi connectivity index (χ4n) is 2.42. The van der Waals surface area contributed by atoms with Crippen molar-refractivity contribution >= 4 is 33.2 Å². The number of carbonyl (C=O) groups excluding carboxylic acids is 1. The molecular formula is C19H23ClN2O3S. The Kier molecular flexibility index (Phi) is 6.67. The van der Waals surface area contributed by atoms with Crippen molar-refractivity contribution in [3.8, 4) is 0 Å². The minimum absolute atomic E-state index is 0.0339. The third-order valence-electron chi connectivity index (χ3n) is 4.03. The first-order chi connectivity index (χ1) is 12.2. The Hall–Kier alpha value is -2.05. The normalized spacial score (nSPS) is 11.2.